The lowest BCUT2D eigenvalue weighted by Gasteiger charge is -2.37. The number of carbonyl (C=O) groups excluding carboxylic acids is 1. The predicted molar refractivity (Wildman–Crippen MR) is 77.8 cm³/mol. The fourth-order valence-corrected chi connectivity index (χ4v) is 2.43. The number of hydrogen-bond donors (Lipinski definition) is 1. The summed E-state index contributed by atoms with van der Waals surface area (Å²) in [7, 11) is 2.11. The number of likely N-dealkylation sites (N-methyl/N-ethyl adjacent to an activating group) is 1. The van der Waals surface area contributed by atoms with E-state index < -0.39 is 0 Å². The van der Waals surface area contributed by atoms with E-state index in [-0.39, 0.29) is 5.91 Å². The molecule has 0 aliphatic carbocycles. The lowest BCUT2D eigenvalue weighted by Crippen LogP contribution is -2.52. The fraction of sp³-hybridized carbons (Fsp3) is 0.533. The van der Waals surface area contributed by atoms with Gasteiger partial charge in [-0.3, -0.25) is 4.79 Å². The Hall–Kier alpha value is -1.55. The number of hydrogen-bond acceptors (Lipinski definition) is 3. The Balaban J connectivity index is 1.84. The van der Waals surface area contributed by atoms with Gasteiger partial charge in [-0.05, 0) is 38.1 Å². The SMILES string of the molecule is CC1CN(C(=O)CCc2cccc(N)c2)CCN1C. The number of amides is 1. The molecule has 0 saturated carbocycles. The van der Waals surface area contributed by atoms with Crippen molar-refractivity contribution in [3.05, 3.63) is 29.8 Å². The Morgan fingerprint density at radius 2 is 2.21 bits per heavy atom. The van der Waals surface area contributed by atoms with E-state index in [0.717, 1.165) is 37.3 Å². The van der Waals surface area contributed by atoms with Gasteiger partial charge in [-0.1, -0.05) is 12.1 Å². The second-order valence-electron chi connectivity index (χ2n) is 5.41. The molecule has 1 aromatic carbocycles. The summed E-state index contributed by atoms with van der Waals surface area (Å²) in [5, 5.41) is 0. The van der Waals surface area contributed by atoms with E-state index in [1.165, 1.54) is 0 Å². The van der Waals surface area contributed by atoms with E-state index in [1.54, 1.807) is 0 Å². The molecule has 0 aromatic heterocycles. The fourth-order valence-electron chi connectivity index (χ4n) is 2.43. The molecule has 1 heterocycles. The van der Waals surface area contributed by atoms with Crippen LogP contribution in [0.5, 0.6) is 0 Å². The summed E-state index contributed by atoms with van der Waals surface area (Å²) in [6.07, 6.45) is 1.34. The summed E-state index contributed by atoms with van der Waals surface area (Å²) < 4.78 is 0. The Kier molecular flexibility index (Phi) is 4.43. The van der Waals surface area contributed by atoms with Gasteiger partial charge in [0, 0.05) is 37.8 Å². The predicted octanol–water partition coefficient (Wildman–Crippen LogP) is 1.36. The van der Waals surface area contributed by atoms with Crippen LogP contribution in [0.1, 0.15) is 18.9 Å². The Morgan fingerprint density at radius 1 is 1.42 bits per heavy atom. The zero-order valence-corrected chi connectivity index (χ0v) is 11.8. The lowest BCUT2D eigenvalue weighted by atomic mass is 10.1. The van der Waals surface area contributed by atoms with Crippen LogP contribution >= 0.6 is 0 Å². The smallest absolute Gasteiger partial charge is 0.222 e. The van der Waals surface area contributed by atoms with E-state index in [4.69, 9.17) is 5.73 Å². The number of nitrogens with zero attached hydrogens (tertiary/aromatic N) is 2. The molecule has 1 amide bonds. The second kappa shape index (κ2) is 6.06. The Morgan fingerprint density at radius 3 is 2.89 bits per heavy atom. The van der Waals surface area contributed by atoms with Crippen LogP contribution in [-0.2, 0) is 11.2 Å². The molecule has 1 unspecified atom stereocenters. The number of aryl methyl sites for hydroxylation is 1. The standard InChI is InChI=1S/C15H23N3O/c1-12-11-18(9-8-17(12)2)15(19)7-6-13-4-3-5-14(16)10-13/h3-5,10,12H,6-9,11,16H2,1-2H3. The third-order valence-corrected chi connectivity index (χ3v) is 3.89. The van der Waals surface area contributed by atoms with Crippen molar-refractivity contribution in [2.75, 3.05) is 32.4 Å². The van der Waals surface area contributed by atoms with Crippen molar-refractivity contribution in [1.82, 2.24) is 9.80 Å². The van der Waals surface area contributed by atoms with E-state index >= 15 is 0 Å². The minimum Gasteiger partial charge on any atom is -0.399 e. The van der Waals surface area contributed by atoms with Gasteiger partial charge < -0.3 is 15.5 Å². The minimum atomic E-state index is 0.252. The molecule has 0 spiro atoms. The van der Waals surface area contributed by atoms with Gasteiger partial charge in [-0.15, -0.1) is 0 Å². The highest BCUT2D eigenvalue weighted by atomic mass is 16.2. The number of nitrogens with two attached hydrogens (primary N) is 1. The van der Waals surface area contributed by atoms with Crippen molar-refractivity contribution in [1.29, 1.82) is 0 Å². The van der Waals surface area contributed by atoms with Crippen molar-refractivity contribution in [2.45, 2.75) is 25.8 Å². The first-order valence-corrected chi connectivity index (χ1v) is 6.88. The first-order valence-electron chi connectivity index (χ1n) is 6.88. The zero-order valence-electron chi connectivity index (χ0n) is 11.8. The highest BCUT2D eigenvalue weighted by molar-refractivity contribution is 5.76. The maximum atomic E-state index is 12.2. The van der Waals surface area contributed by atoms with Crippen LogP contribution in [0.25, 0.3) is 0 Å². The van der Waals surface area contributed by atoms with Crippen LogP contribution in [0.2, 0.25) is 0 Å². The third-order valence-electron chi connectivity index (χ3n) is 3.89. The number of rotatable bonds is 3. The summed E-state index contributed by atoms with van der Waals surface area (Å²) in [5.41, 5.74) is 7.64. The van der Waals surface area contributed by atoms with Gasteiger partial charge in [0.15, 0.2) is 0 Å². The molecular formula is C15H23N3O. The highest BCUT2D eigenvalue weighted by Gasteiger charge is 2.23. The maximum Gasteiger partial charge on any atom is 0.222 e. The van der Waals surface area contributed by atoms with Crippen LogP contribution in [-0.4, -0.2) is 48.4 Å². The van der Waals surface area contributed by atoms with Gasteiger partial charge in [0.1, 0.15) is 0 Å². The quantitative estimate of drug-likeness (QED) is 0.836. The first-order chi connectivity index (χ1) is 9.06. The number of benzene rings is 1. The van der Waals surface area contributed by atoms with Crippen molar-refractivity contribution >= 4 is 11.6 Å². The van der Waals surface area contributed by atoms with Crippen LogP contribution in [0.15, 0.2) is 24.3 Å². The molecule has 104 valence electrons. The monoisotopic (exact) mass is 261 g/mol. The first kappa shape index (κ1) is 13.9. The van der Waals surface area contributed by atoms with Gasteiger partial charge in [0.05, 0.1) is 0 Å². The zero-order chi connectivity index (χ0) is 13.8. The topological polar surface area (TPSA) is 49.6 Å². The van der Waals surface area contributed by atoms with E-state index in [2.05, 4.69) is 18.9 Å². The highest BCUT2D eigenvalue weighted by Crippen LogP contribution is 2.12. The number of piperazine rings is 1. The van der Waals surface area contributed by atoms with E-state index in [9.17, 15) is 4.79 Å². The molecule has 4 heteroatoms. The van der Waals surface area contributed by atoms with Gasteiger partial charge in [0.25, 0.3) is 0 Å². The number of anilines is 1. The van der Waals surface area contributed by atoms with Gasteiger partial charge >= 0.3 is 0 Å². The number of carbonyl (C=O) groups is 1. The molecular weight excluding hydrogens is 238 g/mol. The van der Waals surface area contributed by atoms with Crippen molar-refractivity contribution in [3.8, 4) is 0 Å². The Labute approximate surface area is 115 Å². The molecule has 1 fully saturated rings. The van der Waals surface area contributed by atoms with Crippen LogP contribution < -0.4 is 5.73 Å². The van der Waals surface area contributed by atoms with E-state index in [1.807, 2.05) is 29.2 Å². The average molecular weight is 261 g/mol. The molecule has 0 bridgehead atoms. The average Bonchev–Trinajstić information content (AvgIpc) is 2.39. The summed E-state index contributed by atoms with van der Waals surface area (Å²) in [4.78, 5) is 16.5. The van der Waals surface area contributed by atoms with Crippen LogP contribution in [0, 0.1) is 0 Å². The van der Waals surface area contributed by atoms with E-state index in [0.29, 0.717) is 12.5 Å². The molecule has 1 aliphatic heterocycles. The Bertz CT molecular complexity index is 447. The van der Waals surface area contributed by atoms with Gasteiger partial charge in [0.2, 0.25) is 5.91 Å². The summed E-state index contributed by atoms with van der Waals surface area (Å²) in [5.74, 6) is 0.252. The molecule has 2 N–H and O–H groups in total. The van der Waals surface area contributed by atoms with Gasteiger partial charge in [-0.25, -0.2) is 0 Å². The second-order valence-corrected chi connectivity index (χ2v) is 5.41. The molecule has 1 aromatic rings. The largest absolute Gasteiger partial charge is 0.399 e. The molecule has 1 atom stereocenters. The lowest BCUT2D eigenvalue weighted by molar-refractivity contribution is -0.133. The molecule has 19 heavy (non-hydrogen) atoms. The number of nitrogen functional groups attached to an aromatic ring is 1. The van der Waals surface area contributed by atoms with Crippen molar-refractivity contribution in [3.63, 3.8) is 0 Å². The van der Waals surface area contributed by atoms with Crippen molar-refractivity contribution < 1.29 is 4.79 Å². The van der Waals surface area contributed by atoms with Crippen LogP contribution in [0.3, 0.4) is 0 Å². The maximum absolute atomic E-state index is 12.2. The van der Waals surface area contributed by atoms with Crippen LogP contribution in [0.4, 0.5) is 5.69 Å². The third kappa shape index (κ3) is 3.70. The van der Waals surface area contributed by atoms with Gasteiger partial charge in [-0.2, -0.15) is 0 Å². The molecule has 0 radical (unpaired) electrons. The molecule has 4 nitrogen and oxygen atoms in total. The summed E-state index contributed by atoms with van der Waals surface area (Å²) in [6, 6.07) is 8.22. The molecule has 1 aliphatic rings. The van der Waals surface area contributed by atoms with Crippen molar-refractivity contribution in [2.24, 2.45) is 0 Å². The normalized spacial score (nSPS) is 20.5. The summed E-state index contributed by atoms with van der Waals surface area (Å²) >= 11 is 0. The minimum absolute atomic E-state index is 0.252. The summed E-state index contributed by atoms with van der Waals surface area (Å²) in [6.45, 7) is 4.81. The molecule has 1 saturated heterocycles. The molecule has 2 rings (SSSR count).